The zero-order valence-electron chi connectivity index (χ0n) is 16.3. The van der Waals surface area contributed by atoms with Crippen LogP contribution in [0, 0.1) is 19.8 Å². The van der Waals surface area contributed by atoms with Crippen LogP contribution >= 0.6 is 0 Å². The zero-order chi connectivity index (χ0) is 18.5. The molecule has 4 heteroatoms. The summed E-state index contributed by atoms with van der Waals surface area (Å²) in [5.74, 6) is 1.25. The van der Waals surface area contributed by atoms with Gasteiger partial charge >= 0.3 is 0 Å². The smallest absolute Gasteiger partial charge is 0.0626 e. The van der Waals surface area contributed by atoms with Crippen LogP contribution in [-0.2, 0) is 12.8 Å². The van der Waals surface area contributed by atoms with Crippen LogP contribution in [0.25, 0.3) is 10.9 Å². The lowest BCUT2D eigenvalue weighted by Crippen LogP contribution is -2.50. The quantitative estimate of drug-likeness (QED) is 0.683. The van der Waals surface area contributed by atoms with Gasteiger partial charge in [0.25, 0.3) is 0 Å². The minimum atomic E-state index is 0.583. The number of hydrogen-bond acceptors (Lipinski definition) is 2. The van der Waals surface area contributed by atoms with E-state index in [1.165, 1.54) is 34.1 Å². The van der Waals surface area contributed by atoms with Crippen LogP contribution in [0.2, 0.25) is 0 Å². The molecule has 3 aromatic rings. The Morgan fingerprint density at radius 2 is 2.22 bits per heavy atom. The highest BCUT2D eigenvalue weighted by atomic mass is 15.2. The first kappa shape index (κ1) is 16.8. The summed E-state index contributed by atoms with van der Waals surface area (Å²) in [7, 11) is 0. The molecule has 4 nitrogen and oxygen atoms in total. The summed E-state index contributed by atoms with van der Waals surface area (Å²) in [6.45, 7) is 10.4. The summed E-state index contributed by atoms with van der Waals surface area (Å²) >= 11 is 0. The summed E-state index contributed by atoms with van der Waals surface area (Å²) in [6.07, 6.45) is 7.81. The minimum Gasteiger partial charge on any atom is -0.361 e. The summed E-state index contributed by atoms with van der Waals surface area (Å²) in [4.78, 5) is 6.16. The second-order valence-electron chi connectivity index (χ2n) is 8.42. The molecule has 0 amide bonds. The predicted octanol–water partition coefficient (Wildman–Crippen LogP) is 4.27. The number of piperidine rings is 1. The van der Waals surface area contributed by atoms with Crippen LogP contribution in [0.15, 0.2) is 37.1 Å². The number of fused-ring (bicyclic) bond motifs is 2. The maximum absolute atomic E-state index is 4.41. The number of aromatic nitrogens is 3. The number of H-pyrrole nitrogens is 2. The van der Waals surface area contributed by atoms with Gasteiger partial charge in [0.05, 0.1) is 5.69 Å². The minimum absolute atomic E-state index is 0.583. The van der Waals surface area contributed by atoms with Gasteiger partial charge in [-0.15, -0.1) is 6.58 Å². The van der Waals surface area contributed by atoms with Crippen molar-refractivity contribution >= 4 is 10.9 Å². The monoisotopic (exact) mass is 360 g/mol. The van der Waals surface area contributed by atoms with Gasteiger partial charge in [-0.05, 0) is 61.8 Å². The Kier molecular flexibility index (Phi) is 3.97. The Morgan fingerprint density at radius 3 is 3.00 bits per heavy atom. The van der Waals surface area contributed by atoms with Crippen molar-refractivity contribution in [1.29, 1.82) is 0 Å². The van der Waals surface area contributed by atoms with Gasteiger partial charge in [0.2, 0.25) is 0 Å². The molecule has 2 aromatic heterocycles. The topological polar surface area (TPSA) is 47.7 Å². The van der Waals surface area contributed by atoms with Crippen LogP contribution in [-0.4, -0.2) is 39.2 Å². The fourth-order valence-corrected chi connectivity index (χ4v) is 5.59. The molecule has 0 unspecified atom stereocenters. The van der Waals surface area contributed by atoms with Gasteiger partial charge in [-0.25, -0.2) is 0 Å². The zero-order valence-corrected chi connectivity index (χ0v) is 16.3. The highest BCUT2D eigenvalue weighted by Gasteiger charge is 2.40. The molecule has 3 atom stereocenters. The van der Waals surface area contributed by atoms with Crippen LogP contribution in [0.4, 0.5) is 0 Å². The maximum Gasteiger partial charge on any atom is 0.0626 e. The molecule has 27 heavy (non-hydrogen) atoms. The van der Waals surface area contributed by atoms with Crippen LogP contribution in [0.5, 0.6) is 0 Å². The first-order valence-corrected chi connectivity index (χ1v) is 10.1. The molecule has 2 N–H and O–H groups in total. The maximum atomic E-state index is 4.41. The lowest BCUT2D eigenvalue weighted by Gasteiger charge is -2.47. The molecule has 0 bridgehead atoms. The molecular weight excluding hydrogens is 332 g/mol. The fourth-order valence-electron chi connectivity index (χ4n) is 5.59. The van der Waals surface area contributed by atoms with Gasteiger partial charge in [-0.3, -0.25) is 10.00 Å². The van der Waals surface area contributed by atoms with E-state index < -0.39 is 0 Å². The Morgan fingerprint density at radius 1 is 1.33 bits per heavy atom. The van der Waals surface area contributed by atoms with Crippen LogP contribution in [0.1, 0.15) is 40.4 Å². The van der Waals surface area contributed by atoms with Crippen molar-refractivity contribution in [3.8, 4) is 0 Å². The number of hydrogen-bond donors (Lipinski definition) is 2. The average Bonchev–Trinajstić information content (AvgIpc) is 3.22. The average molecular weight is 361 g/mol. The number of likely N-dealkylation sites (tertiary alicyclic amines) is 1. The van der Waals surface area contributed by atoms with E-state index in [1.807, 2.05) is 0 Å². The summed E-state index contributed by atoms with van der Waals surface area (Å²) in [5.41, 5.74) is 8.11. The summed E-state index contributed by atoms with van der Waals surface area (Å²) in [6, 6.07) is 7.37. The van der Waals surface area contributed by atoms with E-state index in [2.05, 4.69) is 71.0 Å². The number of benzene rings is 1. The number of nitrogens with one attached hydrogen (secondary N) is 2. The Balaban J connectivity index is 1.52. The van der Waals surface area contributed by atoms with E-state index in [-0.39, 0.29) is 0 Å². The van der Waals surface area contributed by atoms with Gasteiger partial charge in [-0.2, -0.15) is 5.10 Å². The van der Waals surface area contributed by atoms with Gasteiger partial charge < -0.3 is 4.98 Å². The molecule has 1 aromatic carbocycles. The van der Waals surface area contributed by atoms with E-state index >= 15 is 0 Å². The third-order valence-corrected chi connectivity index (χ3v) is 6.80. The lowest BCUT2D eigenvalue weighted by molar-refractivity contribution is 0.0964. The number of aromatic amines is 2. The third-order valence-electron chi connectivity index (χ3n) is 6.80. The molecule has 1 aliphatic carbocycles. The van der Waals surface area contributed by atoms with Crippen LogP contribution in [0.3, 0.4) is 0 Å². The van der Waals surface area contributed by atoms with E-state index in [4.69, 9.17) is 0 Å². The van der Waals surface area contributed by atoms with E-state index in [0.29, 0.717) is 17.9 Å². The first-order chi connectivity index (χ1) is 13.2. The molecule has 0 spiro atoms. The van der Waals surface area contributed by atoms with Crippen molar-refractivity contribution in [3.63, 3.8) is 0 Å². The number of rotatable bonds is 4. The van der Waals surface area contributed by atoms with E-state index in [9.17, 15) is 0 Å². The van der Waals surface area contributed by atoms with Gasteiger partial charge in [0, 0.05) is 47.8 Å². The molecule has 140 valence electrons. The van der Waals surface area contributed by atoms with Crippen molar-refractivity contribution in [2.45, 2.75) is 45.1 Å². The second kappa shape index (κ2) is 6.38. The van der Waals surface area contributed by atoms with Gasteiger partial charge in [0.15, 0.2) is 0 Å². The highest BCUT2D eigenvalue weighted by molar-refractivity contribution is 5.88. The SMILES string of the molecule is C=CCN1C[C@H](Cc2c(C)n[nH]c2C)C[C@@H]2c3cccc4[nH]cc(c34)C[C@H]21. The molecular formula is C23H28N4. The van der Waals surface area contributed by atoms with Crippen molar-refractivity contribution in [1.82, 2.24) is 20.1 Å². The molecule has 5 rings (SSSR count). The van der Waals surface area contributed by atoms with Crippen LogP contribution < -0.4 is 0 Å². The fraction of sp³-hybridized carbons (Fsp3) is 0.435. The second-order valence-corrected chi connectivity index (χ2v) is 8.42. The summed E-state index contributed by atoms with van der Waals surface area (Å²) < 4.78 is 0. The van der Waals surface area contributed by atoms with E-state index in [1.54, 1.807) is 5.56 Å². The molecule has 0 saturated carbocycles. The molecule has 2 aliphatic rings. The van der Waals surface area contributed by atoms with Crippen molar-refractivity contribution in [2.75, 3.05) is 13.1 Å². The number of nitrogens with zero attached hydrogens (tertiary/aromatic N) is 2. The van der Waals surface area contributed by atoms with Gasteiger partial charge in [0.1, 0.15) is 0 Å². The highest BCUT2D eigenvalue weighted by Crippen LogP contribution is 2.45. The Labute approximate surface area is 160 Å². The third kappa shape index (κ3) is 2.66. The van der Waals surface area contributed by atoms with E-state index in [0.717, 1.165) is 31.6 Å². The standard InChI is InChI=1S/C23H28N4/c1-4-8-27-13-16(9-19-14(2)25-26-15(19)3)10-20-18-6-5-7-21-23(18)17(12-24-21)11-22(20)27/h4-7,12,16,20,22,24H,1,8-11,13H2,2-3H3,(H,25,26)/t16-,20-,22-/m1/s1. The predicted molar refractivity (Wildman–Crippen MR) is 110 cm³/mol. The number of aryl methyl sites for hydroxylation is 2. The lowest BCUT2D eigenvalue weighted by atomic mass is 9.71. The van der Waals surface area contributed by atoms with Gasteiger partial charge in [-0.1, -0.05) is 18.2 Å². The Hall–Kier alpha value is -2.33. The van der Waals surface area contributed by atoms with Crippen molar-refractivity contribution in [3.05, 3.63) is 65.1 Å². The molecule has 1 saturated heterocycles. The largest absolute Gasteiger partial charge is 0.361 e. The normalized spacial score (nSPS) is 24.9. The Bertz CT molecular complexity index is 976. The molecule has 3 heterocycles. The first-order valence-electron chi connectivity index (χ1n) is 10.1. The summed E-state index contributed by atoms with van der Waals surface area (Å²) in [5, 5.41) is 9.05. The van der Waals surface area contributed by atoms with Crippen molar-refractivity contribution in [2.24, 2.45) is 5.92 Å². The van der Waals surface area contributed by atoms with Crippen molar-refractivity contribution < 1.29 is 0 Å². The molecule has 0 radical (unpaired) electrons. The molecule has 1 aliphatic heterocycles. The molecule has 1 fully saturated rings.